The number of nitrogens with one attached hydrogen (secondary N) is 1. The Kier molecular flexibility index (Phi) is 9.11. The summed E-state index contributed by atoms with van der Waals surface area (Å²) in [6.07, 6.45) is 2.49. The van der Waals surface area contributed by atoms with E-state index in [0.29, 0.717) is 19.6 Å². The second-order valence-electron chi connectivity index (χ2n) is 5.11. The maximum atomic E-state index is 11.9. The van der Waals surface area contributed by atoms with Crippen LogP contribution in [-0.4, -0.2) is 36.6 Å². The number of ether oxygens (including phenoxy) is 2. The van der Waals surface area contributed by atoms with Gasteiger partial charge in [0.1, 0.15) is 12.3 Å². The number of unbranched alkanes of at least 4 members (excludes halogenated alkanes) is 1. The first-order valence-corrected chi connectivity index (χ1v) is 7.67. The summed E-state index contributed by atoms with van der Waals surface area (Å²) in [5, 5.41) is 17.2. The van der Waals surface area contributed by atoms with Crippen molar-refractivity contribution in [3.05, 3.63) is 35.9 Å². The third kappa shape index (κ3) is 6.83. The number of benzene rings is 1. The van der Waals surface area contributed by atoms with Gasteiger partial charge < -0.3 is 14.6 Å². The van der Waals surface area contributed by atoms with E-state index in [1.165, 1.54) is 0 Å². The first-order valence-electron chi connectivity index (χ1n) is 7.67. The number of hydrogen-bond acceptors (Lipinski definition) is 5. The Bertz CT molecular complexity index is 447. The van der Waals surface area contributed by atoms with Crippen LogP contribution in [0.2, 0.25) is 0 Å². The molecule has 1 unspecified atom stereocenters. The topological polar surface area (TPSA) is 79.6 Å². The van der Waals surface area contributed by atoms with E-state index in [0.717, 1.165) is 18.4 Å². The van der Waals surface area contributed by atoms with Crippen molar-refractivity contribution in [3.8, 4) is 0 Å². The summed E-state index contributed by atoms with van der Waals surface area (Å²) < 4.78 is 10.5. The van der Waals surface area contributed by atoms with Crippen molar-refractivity contribution >= 4 is 11.7 Å². The van der Waals surface area contributed by atoms with Gasteiger partial charge in [-0.1, -0.05) is 43.7 Å². The highest BCUT2D eigenvalue weighted by atomic mass is 16.5. The lowest BCUT2D eigenvalue weighted by atomic mass is 10.0. The highest BCUT2D eigenvalue weighted by Crippen LogP contribution is 2.08. The Morgan fingerprint density at radius 2 is 2.00 bits per heavy atom. The fourth-order valence-corrected chi connectivity index (χ4v) is 1.87. The van der Waals surface area contributed by atoms with Crippen LogP contribution in [0.3, 0.4) is 0 Å². The number of hydrogen-bond donors (Lipinski definition) is 2. The fourth-order valence-electron chi connectivity index (χ4n) is 1.87. The zero-order chi connectivity index (χ0) is 16.2. The summed E-state index contributed by atoms with van der Waals surface area (Å²) >= 11 is 0. The Morgan fingerprint density at radius 3 is 2.64 bits per heavy atom. The zero-order valence-corrected chi connectivity index (χ0v) is 13.1. The smallest absolute Gasteiger partial charge is 0.352 e. The third-order valence-electron chi connectivity index (χ3n) is 3.31. The molecule has 22 heavy (non-hydrogen) atoms. The SMILES string of the molecule is CCCCOCCC(CO)C(=N)C(=O)OCc1ccccc1. The normalized spacial score (nSPS) is 11.9. The van der Waals surface area contributed by atoms with Crippen LogP contribution in [-0.2, 0) is 20.9 Å². The minimum absolute atomic E-state index is 0.132. The van der Waals surface area contributed by atoms with Crippen LogP contribution in [0.25, 0.3) is 0 Å². The van der Waals surface area contributed by atoms with Gasteiger partial charge in [-0.25, -0.2) is 4.79 Å². The van der Waals surface area contributed by atoms with Crippen molar-refractivity contribution in [2.24, 2.45) is 5.92 Å². The summed E-state index contributed by atoms with van der Waals surface area (Å²) in [5.41, 5.74) is 0.671. The van der Waals surface area contributed by atoms with Crippen molar-refractivity contribution in [2.45, 2.75) is 32.8 Å². The summed E-state index contributed by atoms with van der Waals surface area (Å²) in [5.74, 6) is -1.22. The lowest BCUT2D eigenvalue weighted by molar-refractivity contribution is -0.137. The highest BCUT2D eigenvalue weighted by molar-refractivity contribution is 6.35. The number of rotatable bonds is 11. The first-order chi connectivity index (χ1) is 10.7. The Morgan fingerprint density at radius 1 is 1.27 bits per heavy atom. The third-order valence-corrected chi connectivity index (χ3v) is 3.31. The minimum atomic E-state index is -0.684. The molecule has 5 nitrogen and oxygen atoms in total. The van der Waals surface area contributed by atoms with Gasteiger partial charge in [0.05, 0.1) is 6.61 Å². The molecule has 5 heteroatoms. The van der Waals surface area contributed by atoms with Gasteiger partial charge in [-0.2, -0.15) is 0 Å². The molecule has 1 rings (SSSR count). The Hall–Kier alpha value is -1.72. The van der Waals surface area contributed by atoms with Crippen LogP contribution < -0.4 is 0 Å². The molecule has 0 spiro atoms. The predicted molar refractivity (Wildman–Crippen MR) is 84.9 cm³/mol. The molecule has 0 radical (unpaired) electrons. The largest absolute Gasteiger partial charge is 0.456 e. The molecular formula is C17H25NO4. The number of esters is 1. The summed E-state index contributed by atoms with van der Waals surface area (Å²) in [7, 11) is 0. The monoisotopic (exact) mass is 307 g/mol. The molecule has 0 fully saturated rings. The Labute approximate surface area is 131 Å². The molecule has 0 bridgehead atoms. The molecule has 0 aliphatic rings. The lowest BCUT2D eigenvalue weighted by Crippen LogP contribution is -2.28. The number of aliphatic hydroxyl groups is 1. The average molecular weight is 307 g/mol. The van der Waals surface area contributed by atoms with Gasteiger partial charge in [0.25, 0.3) is 0 Å². The van der Waals surface area contributed by atoms with E-state index in [1.807, 2.05) is 30.3 Å². The molecule has 0 aliphatic heterocycles. The highest BCUT2D eigenvalue weighted by Gasteiger charge is 2.22. The number of aliphatic hydroxyl groups excluding tert-OH is 1. The van der Waals surface area contributed by atoms with Gasteiger partial charge in [0.2, 0.25) is 0 Å². The van der Waals surface area contributed by atoms with Crippen molar-refractivity contribution in [2.75, 3.05) is 19.8 Å². The van der Waals surface area contributed by atoms with Gasteiger partial charge in [0.15, 0.2) is 0 Å². The molecule has 0 aliphatic carbocycles. The van der Waals surface area contributed by atoms with E-state index in [9.17, 15) is 9.90 Å². The zero-order valence-electron chi connectivity index (χ0n) is 13.1. The quantitative estimate of drug-likeness (QED) is 0.374. The summed E-state index contributed by atoms with van der Waals surface area (Å²) in [4.78, 5) is 11.9. The van der Waals surface area contributed by atoms with Crippen molar-refractivity contribution in [3.63, 3.8) is 0 Å². The molecule has 122 valence electrons. The van der Waals surface area contributed by atoms with Crippen LogP contribution in [0.1, 0.15) is 31.7 Å². The van der Waals surface area contributed by atoms with E-state index < -0.39 is 11.9 Å². The second-order valence-corrected chi connectivity index (χ2v) is 5.11. The summed E-state index contributed by atoms with van der Waals surface area (Å²) in [6.45, 7) is 3.06. The second kappa shape index (κ2) is 10.9. The van der Waals surface area contributed by atoms with Gasteiger partial charge >= 0.3 is 5.97 Å². The standard InChI is InChI=1S/C17H25NO4/c1-2-3-10-21-11-9-15(12-19)16(18)17(20)22-13-14-7-5-4-6-8-14/h4-8,15,18-19H,2-3,9-13H2,1H3. The van der Waals surface area contributed by atoms with Gasteiger partial charge in [0, 0.05) is 19.1 Å². The van der Waals surface area contributed by atoms with Crippen LogP contribution in [0.4, 0.5) is 0 Å². The molecule has 1 atom stereocenters. The van der Waals surface area contributed by atoms with Crippen LogP contribution >= 0.6 is 0 Å². The molecule has 1 aromatic carbocycles. The van der Waals surface area contributed by atoms with Crippen LogP contribution in [0.15, 0.2) is 30.3 Å². The first kappa shape index (κ1) is 18.3. The average Bonchev–Trinajstić information content (AvgIpc) is 2.56. The molecule has 0 amide bonds. The summed E-state index contributed by atoms with van der Waals surface area (Å²) in [6, 6.07) is 9.30. The molecule has 0 saturated carbocycles. The fraction of sp³-hybridized carbons (Fsp3) is 0.529. The van der Waals surface area contributed by atoms with E-state index >= 15 is 0 Å². The maximum absolute atomic E-state index is 11.9. The van der Waals surface area contributed by atoms with Gasteiger partial charge in [-0.3, -0.25) is 5.41 Å². The van der Waals surface area contributed by atoms with Crippen molar-refractivity contribution < 1.29 is 19.4 Å². The molecule has 0 heterocycles. The molecular weight excluding hydrogens is 282 g/mol. The van der Waals surface area contributed by atoms with Crippen molar-refractivity contribution in [1.29, 1.82) is 5.41 Å². The number of carbonyl (C=O) groups is 1. The molecule has 1 aromatic rings. The molecule has 0 saturated heterocycles. The van der Waals surface area contributed by atoms with E-state index in [4.69, 9.17) is 14.9 Å². The molecule has 2 N–H and O–H groups in total. The van der Waals surface area contributed by atoms with E-state index in [-0.39, 0.29) is 18.9 Å². The Balaban J connectivity index is 2.34. The lowest BCUT2D eigenvalue weighted by Gasteiger charge is -2.15. The van der Waals surface area contributed by atoms with Crippen molar-refractivity contribution in [1.82, 2.24) is 0 Å². The minimum Gasteiger partial charge on any atom is -0.456 e. The maximum Gasteiger partial charge on any atom is 0.352 e. The van der Waals surface area contributed by atoms with Crippen LogP contribution in [0, 0.1) is 11.3 Å². The van der Waals surface area contributed by atoms with Gasteiger partial charge in [-0.05, 0) is 18.4 Å². The van der Waals surface area contributed by atoms with Crippen LogP contribution in [0.5, 0.6) is 0 Å². The van der Waals surface area contributed by atoms with E-state index in [2.05, 4.69) is 6.92 Å². The molecule has 0 aromatic heterocycles. The van der Waals surface area contributed by atoms with E-state index in [1.54, 1.807) is 0 Å². The predicted octanol–water partition coefficient (Wildman–Crippen LogP) is 2.56. The number of carbonyl (C=O) groups excluding carboxylic acids is 1. The van der Waals surface area contributed by atoms with Gasteiger partial charge in [-0.15, -0.1) is 0 Å².